The molecular weight excluding hydrogens is 463 g/mol. The van der Waals surface area contributed by atoms with Crippen LogP contribution in [0.5, 0.6) is 5.75 Å². The van der Waals surface area contributed by atoms with Crippen LogP contribution in [0.4, 0.5) is 4.39 Å². The smallest absolute Gasteiger partial charge is 0.254 e. The molecule has 7 heteroatoms. The number of halogens is 1. The largest absolute Gasteiger partial charge is 0.488 e. The maximum atomic E-state index is 14.2. The Labute approximate surface area is 210 Å². The molecule has 2 aromatic carbocycles. The molecule has 0 aliphatic carbocycles. The van der Waals surface area contributed by atoms with E-state index >= 15 is 0 Å². The average Bonchev–Trinajstić information content (AvgIpc) is 3.35. The van der Waals surface area contributed by atoms with Gasteiger partial charge in [0.25, 0.3) is 5.91 Å². The van der Waals surface area contributed by atoms with Gasteiger partial charge in [0.05, 0.1) is 6.04 Å². The Morgan fingerprint density at radius 3 is 2.66 bits per heavy atom. The lowest BCUT2D eigenvalue weighted by Gasteiger charge is -2.38. The van der Waals surface area contributed by atoms with E-state index in [1.165, 1.54) is 10.9 Å². The second-order valence-electron chi connectivity index (χ2n) is 8.90. The van der Waals surface area contributed by atoms with Gasteiger partial charge >= 0.3 is 0 Å². The third kappa shape index (κ3) is 5.40. The van der Waals surface area contributed by atoms with Crippen LogP contribution < -0.4 is 4.74 Å². The number of rotatable bonds is 8. The second-order valence-corrected chi connectivity index (χ2v) is 9.90. The van der Waals surface area contributed by atoms with Crippen LogP contribution in [0.15, 0.2) is 60.0 Å². The monoisotopic (exact) mass is 494 g/mol. The van der Waals surface area contributed by atoms with E-state index in [1.807, 2.05) is 50.4 Å². The van der Waals surface area contributed by atoms with Crippen molar-refractivity contribution in [3.63, 3.8) is 0 Å². The maximum absolute atomic E-state index is 14.2. The molecule has 0 fully saturated rings. The summed E-state index contributed by atoms with van der Waals surface area (Å²) >= 11 is 1.66. The fourth-order valence-electron chi connectivity index (χ4n) is 4.46. The minimum Gasteiger partial charge on any atom is -0.488 e. The molecule has 0 bridgehead atoms. The van der Waals surface area contributed by atoms with Crippen LogP contribution >= 0.6 is 11.3 Å². The van der Waals surface area contributed by atoms with Crippen molar-refractivity contribution in [2.24, 2.45) is 0 Å². The van der Waals surface area contributed by atoms with Crippen molar-refractivity contribution < 1.29 is 18.7 Å². The number of nitrogens with zero attached hydrogens (tertiary/aromatic N) is 2. The van der Waals surface area contributed by atoms with E-state index in [2.05, 4.69) is 0 Å². The molecule has 35 heavy (non-hydrogen) atoms. The lowest BCUT2D eigenvalue weighted by atomic mass is 10.00. The van der Waals surface area contributed by atoms with Gasteiger partial charge in [-0.15, -0.1) is 11.3 Å². The molecule has 0 spiro atoms. The molecule has 5 nitrogen and oxygen atoms in total. The summed E-state index contributed by atoms with van der Waals surface area (Å²) in [7, 11) is 0. The number of aryl methyl sites for hydroxylation is 1. The van der Waals surface area contributed by atoms with E-state index < -0.39 is 5.82 Å². The summed E-state index contributed by atoms with van der Waals surface area (Å²) in [6.07, 6.45) is 1.49. The quantitative estimate of drug-likeness (QED) is 0.407. The number of carbonyl (C=O) groups excluding carboxylic acids is 2. The van der Waals surface area contributed by atoms with Crippen molar-refractivity contribution in [2.75, 3.05) is 19.7 Å². The van der Waals surface area contributed by atoms with Crippen molar-refractivity contribution in [1.29, 1.82) is 0 Å². The van der Waals surface area contributed by atoms with Gasteiger partial charge in [0, 0.05) is 23.0 Å². The summed E-state index contributed by atoms with van der Waals surface area (Å²) in [4.78, 5) is 31.8. The van der Waals surface area contributed by atoms with Crippen LogP contribution in [-0.2, 0) is 11.2 Å². The Hall–Kier alpha value is -3.19. The molecule has 4 rings (SSSR count). The first-order chi connectivity index (χ1) is 16.9. The zero-order chi connectivity index (χ0) is 24.9. The Balaban J connectivity index is 1.57. The molecule has 0 saturated carbocycles. The highest BCUT2D eigenvalue weighted by Gasteiger charge is 2.34. The van der Waals surface area contributed by atoms with Crippen LogP contribution in [0.3, 0.4) is 0 Å². The van der Waals surface area contributed by atoms with Crippen LogP contribution in [0, 0.1) is 12.7 Å². The van der Waals surface area contributed by atoms with Crippen LogP contribution in [0.1, 0.15) is 52.7 Å². The van der Waals surface area contributed by atoms with Gasteiger partial charge in [-0.05, 0) is 67.5 Å². The van der Waals surface area contributed by atoms with Crippen molar-refractivity contribution in [2.45, 2.75) is 45.7 Å². The summed E-state index contributed by atoms with van der Waals surface area (Å²) in [5.41, 5.74) is 2.53. The van der Waals surface area contributed by atoms with E-state index in [0.29, 0.717) is 12.1 Å². The standard InChI is InChI=1S/C28H31FN2O3S/c1-4-20(3)31(28(33)21-10-6-5-9-19(21)2)17-27(32)30-15-13-26-22(14-16-35-26)24(30)18-34-25-12-8-7-11-23(25)29/h5-12,14,16,20,24H,4,13,15,17-18H2,1-3H3/t20-,24-/m1/s1. The summed E-state index contributed by atoms with van der Waals surface area (Å²) in [5.74, 6) is -0.541. The number of thiophene rings is 1. The number of hydrogen-bond donors (Lipinski definition) is 0. The van der Waals surface area contributed by atoms with E-state index in [0.717, 1.165) is 24.0 Å². The van der Waals surface area contributed by atoms with Gasteiger partial charge < -0.3 is 14.5 Å². The molecule has 0 saturated heterocycles. The molecule has 0 radical (unpaired) electrons. The minimum absolute atomic E-state index is 0.0160. The fraction of sp³-hybridized carbons (Fsp3) is 0.357. The second kappa shape index (κ2) is 11.0. The molecule has 0 unspecified atom stereocenters. The molecule has 184 valence electrons. The SMILES string of the molecule is CC[C@@H](C)N(CC(=O)N1CCc2sccc2[C@H]1COc1ccccc1F)C(=O)c1ccccc1C. The van der Waals surface area contributed by atoms with Crippen molar-refractivity contribution in [1.82, 2.24) is 9.80 Å². The molecule has 3 aromatic rings. The van der Waals surface area contributed by atoms with Crippen molar-refractivity contribution >= 4 is 23.2 Å². The molecule has 0 N–H and O–H groups in total. The van der Waals surface area contributed by atoms with Gasteiger partial charge in [-0.2, -0.15) is 0 Å². The molecule has 2 atom stereocenters. The van der Waals surface area contributed by atoms with E-state index in [9.17, 15) is 14.0 Å². The van der Waals surface area contributed by atoms with Crippen LogP contribution in [0.25, 0.3) is 0 Å². The highest BCUT2D eigenvalue weighted by Crippen LogP contribution is 2.34. The maximum Gasteiger partial charge on any atom is 0.254 e. The van der Waals surface area contributed by atoms with E-state index in [4.69, 9.17) is 4.74 Å². The topological polar surface area (TPSA) is 49.9 Å². The average molecular weight is 495 g/mol. The lowest BCUT2D eigenvalue weighted by molar-refractivity contribution is -0.136. The Morgan fingerprint density at radius 1 is 1.17 bits per heavy atom. The first-order valence-corrected chi connectivity index (χ1v) is 12.9. The van der Waals surface area contributed by atoms with E-state index in [1.54, 1.807) is 45.4 Å². The molecule has 2 heterocycles. The Morgan fingerprint density at radius 2 is 1.91 bits per heavy atom. The number of carbonyl (C=O) groups is 2. The van der Waals surface area contributed by atoms with Gasteiger partial charge in [-0.1, -0.05) is 37.3 Å². The number of fused-ring (bicyclic) bond motifs is 1. The van der Waals surface area contributed by atoms with Gasteiger partial charge in [-0.25, -0.2) is 4.39 Å². The number of hydrogen-bond acceptors (Lipinski definition) is 4. The first kappa shape index (κ1) is 24.9. The Kier molecular flexibility index (Phi) is 7.86. The van der Waals surface area contributed by atoms with Crippen molar-refractivity contribution in [3.05, 3.63) is 87.4 Å². The van der Waals surface area contributed by atoms with Gasteiger partial charge in [0.2, 0.25) is 5.91 Å². The highest BCUT2D eigenvalue weighted by atomic mass is 32.1. The molecule has 2 amide bonds. The number of benzene rings is 2. The predicted molar refractivity (Wildman–Crippen MR) is 136 cm³/mol. The van der Waals surface area contributed by atoms with Crippen LogP contribution in [-0.4, -0.2) is 47.4 Å². The lowest BCUT2D eigenvalue weighted by Crippen LogP contribution is -2.50. The third-order valence-electron chi connectivity index (χ3n) is 6.71. The van der Waals surface area contributed by atoms with Gasteiger partial charge in [0.1, 0.15) is 13.2 Å². The van der Waals surface area contributed by atoms with Crippen LogP contribution in [0.2, 0.25) is 0 Å². The zero-order valence-corrected chi connectivity index (χ0v) is 21.2. The summed E-state index contributed by atoms with van der Waals surface area (Å²) < 4.78 is 20.0. The summed E-state index contributed by atoms with van der Waals surface area (Å²) in [6.45, 7) is 6.54. The minimum atomic E-state index is -0.432. The normalized spacial score (nSPS) is 15.9. The van der Waals surface area contributed by atoms with Gasteiger partial charge in [0.15, 0.2) is 11.6 Å². The number of para-hydroxylation sites is 1. The highest BCUT2D eigenvalue weighted by molar-refractivity contribution is 7.10. The number of ether oxygens (including phenoxy) is 1. The van der Waals surface area contributed by atoms with Crippen molar-refractivity contribution in [3.8, 4) is 5.75 Å². The molecule has 1 aliphatic rings. The summed E-state index contributed by atoms with van der Waals surface area (Å²) in [5, 5.41) is 2.02. The van der Waals surface area contributed by atoms with E-state index in [-0.39, 0.29) is 42.8 Å². The predicted octanol–water partition coefficient (Wildman–Crippen LogP) is 5.64. The molecule has 1 aromatic heterocycles. The zero-order valence-electron chi connectivity index (χ0n) is 20.4. The fourth-order valence-corrected chi connectivity index (χ4v) is 5.39. The number of amides is 2. The van der Waals surface area contributed by atoms with Gasteiger partial charge in [-0.3, -0.25) is 9.59 Å². The Bertz CT molecular complexity index is 1190. The molecule has 1 aliphatic heterocycles. The summed E-state index contributed by atoms with van der Waals surface area (Å²) in [6, 6.07) is 15.3. The first-order valence-electron chi connectivity index (χ1n) is 12.0. The molecular formula is C28H31FN2O3S. The third-order valence-corrected chi connectivity index (χ3v) is 7.71.